The lowest BCUT2D eigenvalue weighted by Gasteiger charge is -2.18. The molecule has 1 rings (SSSR count). The van der Waals surface area contributed by atoms with Crippen LogP contribution in [0.2, 0.25) is 0 Å². The van der Waals surface area contributed by atoms with Gasteiger partial charge in [0.05, 0.1) is 6.61 Å². The van der Waals surface area contributed by atoms with Crippen molar-refractivity contribution in [2.75, 3.05) is 5.73 Å². The Hall–Kier alpha value is -1.27. The summed E-state index contributed by atoms with van der Waals surface area (Å²) in [5.74, 6) is 0. The Labute approximate surface area is 84.5 Å². The van der Waals surface area contributed by atoms with E-state index in [1.165, 1.54) is 18.2 Å². The van der Waals surface area contributed by atoms with E-state index in [1.807, 2.05) is 0 Å². The summed E-state index contributed by atoms with van der Waals surface area (Å²) in [7, 11) is 0. The lowest BCUT2D eigenvalue weighted by Crippen LogP contribution is -2.29. The van der Waals surface area contributed by atoms with E-state index >= 15 is 0 Å². The Bertz CT molecular complexity index is 352. The molecule has 0 saturated heterocycles. The average molecular weight is 220 g/mol. The number of aliphatic hydroxyl groups is 1. The molecule has 0 radical (unpaired) electrons. The summed E-state index contributed by atoms with van der Waals surface area (Å²) in [5, 5.41) is 8.88. The molecule has 0 heterocycles. The fourth-order valence-corrected chi connectivity index (χ4v) is 1.24. The van der Waals surface area contributed by atoms with E-state index in [9.17, 15) is 13.2 Å². The van der Waals surface area contributed by atoms with E-state index in [2.05, 4.69) is 0 Å². The monoisotopic (exact) mass is 220 g/mol. The summed E-state index contributed by atoms with van der Waals surface area (Å²) in [4.78, 5) is 0. The minimum Gasteiger partial charge on any atom is -0.399 e. The van der Waals surface area contributed by atoms with Crippen LogP contribution in [-0.2, 0) is 6.61 Å². The summed E-state index contributed by atoms with van der Waals surface area (Å²) in [6.45, 7) is -0.524. The minimum absolute atomic E-state index is 0.0971. The first-order valence-electron chi connectivity index (χ1n) is 4.17. The van der Waals surface area contributed by atoms with Gasteiger partial charge in [-0.3, -0.25) is 0 Å². The Morgan fingerprint density at radius 3 is 2.40 bits per heavy atom. The Morgan fingerprint density at radius 1 is 1.33 bits per heavy atom. The first kappa shape index (κ1) is 11.8. The van der Waals surface area contributed by atoms with Gasteiger partial charge in [0, 0.05) is 5.69 Å². The van der Waals surface area contributed by atoms with Crippen LogP contribution in [0.3, 0.4) is 0 Å². The van der Waals surface area contributed by atoms with Crippen LogP contribution >= 0.6 is 0 Å². The number of halogens is 3. The van der Waals surface area contributed by atoms with Gasteiger partial charge in [-0.25, -0.2) is 0 Å². The molecule has 0 aliphatic rings. The zero-order valence-electron chi connectivity index (χ0n) is 7.75. The Kier molecular flexibility index (Phi) is 3.21. The molecule has 1 atom stereocenters. The van der Waals surface area contributed by atoms with Crippen molar-refractivity contribution in [1.82, 2.24) is 0 Å². The highest BCUT2D eigenvalue weighted by atomic mass is 19.4. The van der Waals surface area contributed by atoms with Crippen LogP contribution in [0.15, 0.2) is 18.2 Å². The van der Waals surface area contributed by atoms with Crippen molar-refractivity contribution in [2.24, 2.45) is 5.73 Å². The van der Waals surface area contributed by atoms with Crippen molar-refractivity contribution in [3.8, 4) is 0 Å². The maximum atomic E-state index is 12.3. The number of anilines is 1. The van der Waals surface area contributed by atoms with Crippen molar-refractivity contribution in [1.29, 1.82) is 0 Å². The second-order valence-corrected chi connectivity index (χ2v) is 3.14. The van der Waals surface area contributed by atoms with Gasteiger partial charge in [-0.1, -0.05) is 6.07 Å². The normalized spacial score (nSPS) is 13.9. The molecule has 0 bridgehead atoms. The number of alkyl halides is 3. The zero-order chi connectivity index (χ0) is 11.6. The molecule has 1 aromatic carbocycles. The van der Waals surface area contributed by atoms with Crippen LogP contribution in [0.4, 0.5) is 18.9 Å². The number of hydrogen-bond donors (Lipinski definition) is 3. The van der Waals surface area contributed by atoms with Crippen LogP contribution in [-0.4, -0.2) is 11.3 Å². The largest absolute Gasteiger partial charge is 0.407 e. The fourth-order valence-electron chi connectivity index (χ4n) is 1.24. The standard InChI is InChI=1S/C9H11F3N2O/c10-9(11,12)8(14)7-2-1-6(13)3-5(7)4-15/h1-3,8,15H,4,13-14H2/t8-/m1/s1. The summed E-state index contributed by atoms with van der Waals surface area (Å²) >= 11 is 0. The molecule has 0 aliphatic carbocycles. The average Bonchev–Trinajstić information content (AvgIpc) is 2.15. The molecule has 5 N–H and O–H groups in total. The van der Waals surface area contributed by atoms with Gasteiger partial charge in [-0.2, -0.15) is 13.2 Å². The summed E-state index contributed by atoms with van der Waals surface area (Å²) < 4.78 is 36.9. The van der Waals surface area contributed by atoms with Crippen molar-refractivity contribution in [3.05, 3.63) is 29.3 Å². The highest BCUT2D eigenvalue weighted by Gasteiger charge is 2.38. The molecule has 0 spiro atoms. The molecule has 84 valence electrons. The van der Waals surface area contributed by atoms with Crippen molar-refractivity contribution < 1.29 is 18.3 Å². The molecule has 0 aliphatic heterocycles. The Balaban J connectivity index is 3.14. The second-order valence-electron chi connectivity index (χ2n) is 3.14. The van der Waals surface area contributed by atoms with E-state index in [4.69, 9.17) is 16.6 Å². The molecule has 3 nitrogen and oxygen atoms in total. The van der Waals surface area contributed by atoms with Crippen LogP contribution in [0.5, 0.6) is 0 Å². The molecule has 1 aromatic rings. The highest BCUT2D eigenvalue weighted by molar-refractivity contribution is 5.45. The predicted octanol–water partition coefficient (Wildman–Crippen LogP) is 1.32. The summed E-state index contributed by atoms with van der Waals surface area (Å²) in [6, 6.07) is 1.68. The quantitative estimate of drug-likeness (QED) is 0.658. The van der Waals surface area contributed by atoms with Gasteiger partial charge in [0.25, 0.3) is 0 Å². The van der Waals surface area contributed by atoms with Crippen molar-refractivity contribution >= 4 is 5.69 Å². The topological polar surface area (TPSA) is 72.3 Å². The number of aliphatic hydroxyl groups excluding tert-OH is 1. The molecule has 0 amide bonds. The molecule has 0 unspecified atom stereocenters. The molecular formula is C9H11F3N2O. The van der Waals surface area contributed by atoms with Gasteiger partial charge in [-0.15, -0.1) is 0 Å². The van der Waals surface area contributed by atoms with Crippen molar-refractivity contribution in [3.63, 3.8) is 0 Å². The van der Waals surface area contributed by atoms with Crippen LogP contribution in [0.1, 0.15) is 17.2 Å². The molecule has 0 saturated carbocycles. The van der Waals surface area contributed by atoms with E-state index in [0.29, 0.717) is 0 Å². The smallest absolute Gasteiger partial charge is 0.399 e. The van der Waals surface area contributed by atoms with Gasteiger partial charge < -0.3 is 16.6 Å². The van der Waals surface area contributed by atoms with Gasteiger partial charge >= 0.3 is 6.18 Å². The molecule has 6 heteroatoms. The van der Waals surface area contributed by atoms with E-state index in [1.54, 1.807) is 0 Å². The van der Waals surface area contributed by atoms with Gasteiger partial charge in [0.1, 0.15) is 6.04 Å². The summed E-state index contributed by atoms with van der Waals surface area (Å²) in [5.41, 5.74) is 10.6. The SMILES string of the molecule is Nc1ccc([C@@H](N)C(F)(F)F)c(CO)c1. The third-order valence-corrected chi connectivity index (χ3v) is 2.03. The molecule has 15 heavy (non-hydrogen) atoms. The van der Waals surface area contributed by atoms with Crippen LogP contribution in [0, 0.1) is 0 Å². The van der Waals surface area contributed by atoms with E-state index in [0.717, 1.165) is 0 Å². The third kappa shape index (κ3) is 2.60. The lowest BCUT2D eigenvalue weighted by atomic mass is 10.0. The van der Waals surface area contributed by atoms with E-state index in [-0.39, 0.29) is 16.8 Å². The van der Waals surface area contributed by atoms with E-state index < -0.39 is 18.8 Å². The van der Waals surface area contributed by atoms with Gasteiger partial charge in [-0.05, 0) is 23.3 Å². The highest BCUT2D eigenvalue weighted by Crippen LogP contribution is 2.32. The van der Waals surface area contributed by atoms with Gasteiger partial charge in [0.2, 0.25) is 0 Å². The summed E-state index contributed by atoms with van der Waals surface area (Å²) in [6.07, 6.45) is -4.53. The Morgan fingerprint density at radius 2 is 1.93 bits per heavy atom. The number of nitrogens with two attached hydrogens (primary N) is 2. The van der Waals surface area contributed by atoms with Crippen LogP contribution < -0.4 is 11.5 Å². The third-order valence-electron chi connectivity index (χ3n) is 2.03. The fraction of sp³-hybridized carbons (Fsp3) is 0.333. The molecule has 0 aromatic heterocycles. The lowest BCUT2D eigenvalue weighted by molar-refractivity contribution is -0.149. The predicted molar refractivity (Wildman–Crippen MR) is 49.8 cm³/mol. The first-order chi connectivity index (χ1) is 6.86. The number of hydrogen-bond acceptors (Lipinski definition) is 3. The number of rotatable bonds is 2. The molecule has 0 fully saturated rings. The number of nitrogen functional groups attached to an aromatic ring is 1. The van der Waals surface area contributed by atoms with Crippen molar-refractivity contribution in [2.45, 2.75) is 18.8 Å². The minimum atomic E-state index is -4.53. The number of benzene rings is 1. The maximum absolute atomic E-state index is 12.3. The second kappa shape index (κ2) is 4.08. The zero-order valence-corrected chi connectivity index (χ0v) is 7.75. The van der Waals surface area contributed by atoms with Crippen LogP contribution in [0.25, 0.3) is 0 Å². The maximum Gasteiger partial charge on any atom is 0.407 e. The molecular weight excluding hydrogens is 209 g/mol. The first-order valence-corrected chi connectivity index (χ1v) is 4.17. The van der Waals surface area contributed by atoms with Gasteiger partial charge in [0.15, 0.2) is 0 Å².